The second-order valence-electron chi connectivity index (χ2n) is 6.55. The highest BCUT2D eigenvalue weighted by molar-refractivity contribution is 6.31. The van der Waals surface area contributed by atoms with Crippen molar-refractivity contribution in [1.29, 1.82) is 0 Å². The van der Waals surface area contributed by atoms with Crippen LogP contribution < -0.4 is 9.64 Å². The minimum absolute atomic E-state index is 0. The van der Waals surface area contributed by atoms with Crippen LogP contribution in [0.25, 0.3) is 0 Å². The van der Waals surface area contributed by atoms with Gasteiger partial charge in [-0.25, -0.2) is 0 Å². The Morgan fingerprint density at radius 3 is 2.58 bits per heavy atom. The lowest BCUT2D eigenvalue weighted by molar-refractivity contribution is -0.126. The summed E-state index contributed by atoms with van der Waals surface area (Å²) < 4.78 is 6.00. The van der Waals surface area contributed by atoms with E-state index in [-0.39, 0.29) is 18.3 Å². The van der Waals surface area contributed by atoms with Crippen LogP contribution in [0.3, 0.4) is 0 Å². The molecule has 0 aliphatic carbocycles. The van der Waals surface area contributed by atoms with Crippen LogP contribution in [-0.4, -0.2) is 44.1 Å². The van der Waals surface area contributed by atoms with Crippen molar-refractivity contribution in [3.8, 4) is 5.75 Å². The summed E-state index contributed by atoms with van der Waals surface area (Å²) >= 11 is 6.14. The molecule has 3 rings (SSSR count). The first kappa shape index (κ1) is 20.6. The van der Waals surface area contributed by atoms with E-state index in [1.54, 1.807) is 6.07 Å². The minimum Gasteiger partial charge on any atom is -0.478 e. The summed E-state index contributed by atoms with van der Waals surface area (Å²) in [5, 5.41) is 0.606. The molecule has 1 unspecified atom stereocenters. The molecule has 0 saturated heterocycles. The van der Waals surface area contributed by atoms with Gasteiger partial charge in [0.05, 0.1) is 5.69 Å². The third-order valence-electron chi connectivity index (χ3n) is 4.27. The van der Waals surface area contributed by atoms with Crippen LogP contribution >= 0.6 is 24.0 Å². The van der Waals surface area contributed by atoms with Gasteiger partial charge in [-0.05, 0) is 50.8 Å². The number of carbonyl (C=O) groups is 1. The predicted octanol–water partition coefficient (Wildman–Crippen LogP) is 4.05. The maximum Gasteiger partial charge on any atom is 0.268 e. The van der Waals surface area contributed by atoms with Gasteiger partial charge in [-0.2, -0.15) is 0 Å². The van der Waals surface area contributed by atoms with Crippen molar-refractivity contribution in [3.63, 3.8) is 0 Å². The molecule has 1 aliphatic heterocycles. The molecule has 1 heterocycles. The normalized spacial score (nSPS) is 16.1. The lowest BCUT2D eigenvalue weighted by Crippen LogP contribution is -2.47. The molecule has 2 aromatic carbocycles. The second-order valence-corrected chi connectivity index (χ2v) is 6.99. The first-order valence-electron chi connectivity index (χ1n) is 8.51. The second kappa shape index (κ2) is 9.26. The molecule has 2 aromatic rings. The van der Waals surface area contributed by atoms with Crippen molar-refractivity contribution in [3.05, 3.63) is 59.1 Å². The molecule has 0 N–H and O–H groups in total. The smallest absolute Gasteiger partial charge is 0.268 e. The van der Waals surface area contributed by atoms with Gasteiger partial charge < -0.3 is 14.5 Å². The van der Waals surface area contributed by atoms with Crippen LogP contribution in [0.1, 0.15) is 12.0 Å². The lowest BCUT2D eigenvalue weighted by Gasteiger charge is -2.35. The highest BCUT2D eigenvalue weighted by Crippen LogP contribution is 2.37. The zero-order valence-electron chi connectivity index (χ0n) is 15.0. The first-order chi connectivity index (χ1) is 12.0. The topological polar surface area (TPSA) is 32.8 Å². The number of benzene rings is 2. The summed E-state index contributed by atoms with van der Waals surface area (Å²) in [6, 6.07) is 15.4. The summed E-state index contributed by atoms with van der Waals surface area (Å²) in [7, 11) is 4.06. The molecule has 0 aromatic heterocycles. The van der Waals surface area contributed by atoms with Crippen molar-refractivity contribution in [2.24, 2.45) is 0 Å². The lowest BCUT2D eigenvalue weighted by atomic mass is 10.0. The van der Waals surface area contributed by atoms with E-state index in [4.69, 9.17) is 16.3 Å². The van der Waals surface area contributed by atoms with Gasteiger partial charge in [0.25, 0.3) is 5.91 Å². The van der Waals surface area contributed by atoms with Crippen molar-refractivity contribution in [2.75, 3.05) is 32.1 Å². The Balaban J connectivity index is 0.00000243. The third-order valence-corrected chi connectivity index (χ3v) is 4.51. The number of anilines is 1. The number of halogens is 2. The SMILES string of the molecule is CN(C)CCCN1C(=O)C(Cc2ccccc2)Oc2ccc(Cl)cc21.Cl. The number of amides is 1. The zero-order chi connectivity index (χ0) is 17.8. The molecule has 1 atom stereocenters. The summed E-state index contributed by atoms with van der Waals surface area (Å²) in [6.45, 7) is 1.57. The fraction of sp³-hybridized carbons (Fsp3) is 0.350. The van der Waals surface area contributed by atoms with Gasteiger partial charge >= 0.3 is 0 Å². The number of nitrogens with zero attached hydrogens (tertiary/aromatic N) is 2. The molecule has 6 heteroatoms. The average molecular weight is 395 g/mol. The predicted molar refractivity (Wildman–Crippen MR) is 109 cm³/mol. The van der Waals surface area contributed by atoms with Crippen molar-refractivity contribution in [1.82, 2.24) is 4.90 Å². The number of rotatable bonds is 6. The minimum atomic E-state index is -0.504. The van der Waals surface area contributed by atoms with E-state index >= 15 is 0 Å². The van der Waals surface area contributed by atoms with Gasteiger partial charge in [0.2, 0.25) is 0 Å². The molecule has 0 radical (unpaired) electrons. The molecule has 1 amide bonds. The third kappa shape index (κ3) is 4.91. The van der Waals surface area contributed by atoms with E-state index in [9.17, 15) is 4.79 Å². The molecule has 26 heavy (non-hydrogen) atoms. The van der Waals surface area contributed by atoms with Crippen LogP contribution in [-0.2, 0) is 11.2 Å². The van der Waals surface area contributed by atoms with Gasteiger partial charge in [-0.15, -0.1) is 12.4 Å². The standard InChI is InChI=1S/C20H23ClN2O2.ClH/c1-22(2)11-6-12-23-17-14-16(21)9-10-18(17)25-19(20(23)24)13-15-7-4-3-5-8-15;/h3-5,7-10,14,19H,6,11-13H2,1-2H3;1H. The fourth-order valence-electron chi connectivity index (χ4n) is 3.03. The maximum absolute atomic E-state index is 13.0. The summed E-state index contributed by atoms with van der Waals surface area (Å²) in [6.07, 6.45) is 0.949. The van der Waals surface area contributed by atoms with Gasteiger partial charge in [0, 0.05) is 18.0 Å². The van der Waals surface area contributed by atoms with Crippen molar-refractivity contribution in [2.45, 2.75) is 18.9 Å². The zero-order valence-corrected chi connectivity index (χ0v) is 16.6. The van der Waals surface area contributed by atoms with E-state index < -0.39 is 6.10 Å². The molecule has 0 bridgehead atoms. The maximum atomic E-state index is 13.0. The number of hydrogen-bond donors (Lipinski definition) is 0. The molecule has 0 fully saturated rings. The van der Waals surface area contributed by atoms with Gasteiger partial charge in [-0.3, -0.25) is 4.79 Å². The average Bonchev–Trinajstić information content (AvgIpc) is 2.59. The molecule has 140 valence electrons. The number of ether oxygens (including phenoxy) is 1. The summed E-state index contributed by atoms with van der Waals surface area (Å²) in [5.41, 5.74) is 1.85. The number of carbonyl (C=O) groups excluding carboxylic acids is 1. The molecule has 0 saturated carbocycles. The van der Waals surface area contributed by atoms with Crippen LogP contribution in [0, 0.1) is 0 Å². The molecular weight excluding hydrogens is 371 g/mol. The van der Waals surface area contributed by atoms with Crippen LogP contribution in [0.15, 0.2) is 48.5 Å². The first-order valence-corrected chi connectivity index (χ1v) is 8.88. The largest absolute Gasteiger partial charge is 0.478 e. The monoisotopic (exact) mass is 394 g/mol. The Morgan fingerprint density at radius 2 is 1.88 bits per heavy atom. The van der Waals surface area contributed by atoms with E-state index in [0.29, 0.717) is 18.0 Å². The fourth-order valence-corrected chi connectivity index (χ4v) is 3.20. The Kier molecular flexibility index (Phi) is 7.33. The Morgan fingerprint density at radius 1 is 1.15 bits per heavy atom. The number of hydrogen-bond acceptors (Lipinski definition) is 3. The summed E-state index contributed by atoms with van der Waals surface area (Å²) in [5.74, 6) is 0.715. The van der Waals surface area contributed by atoms with Gasteiger partial charge in [-0.1, -0.05) is 41.9 Å². The summed E-state index contributed by atoms with van der Waals surface area (Å²) in [4.78, 5) is 17.0. The highest BCUT2D eigenvalue weighted by atomic mass is 35.5. The van der Waals surface area contributed by atoms with Crippen LogP contribution in [0.5, 0.6) is 5.75 Å². The number of fused-ring (bicyclic) bond motifs is 1. The van der Waals surface area contributed by atoms with E-state index in [0.717, 1.165) is 30.0 Å². The van der Waals surface area contributed by atoms with Gasteiger partial charge in [0.15, 0.2) is 6.10 Å². The van der Waals surface area contributed by atoms with E-state index in [2.05, 4.69) is 4.90 Å². The van der Waals surface area contributed by atoms with Crippen molar-refractivity contribution < 1.29 is 9.53 Å². The molecule has 1 aliphatic rings. The van der Waals surface area contributed by atoms with E-state index in [1.807, 2.05) is 61.5 Å². The Labute approximate surface area is 166 Å². The van der Waals surface area contributed by atoms with Crippen LogP contribution in [0.2, 0.25) is 5.02 Å². The molecule has 0 spiro atoms. The van der Waals surface area contributed by atoms with Gasteiger partial charge in [0.1, 0.15) is 5.75 Å². The van der Waals surface area contributed by atoms with Crippen molar-refractivity contribution >= 4 is 35.6 Å². The van der Waals surface area contributed by atoms with Crippen LogP contribution in [0.4, 0.5) is 5.69 Å². The molecular formula is C20H24Cl2N2O2. The Hall–Kier alpha value is -1.75. The Bertz CT molecular complexity index is 738. The quantitative estimate of drug-likeness (QED) is 0.740. The van der Waals surface area contributed by atoms with E-state index in [1.165, 1.54) is 0 Å². The molecule has 4 nitrogen and oxygen atoms in total. The highest BCUT2D eigenvalue weighted by Gasteiger charge is 2.34.